The summed E-state index contributed by atoms with van der Waals surface area (Å²) in [7, 11) is -1.19. The third-order valence-electron chi connectivity index (χ3n) is 5.83. The Morgan fingerprint density at radius 2 is 1.76 bits per heavy atom. The van der Waals surface area contributed by atoms with Gasteiger partial charge in [0.25, 0.3) is 0 Å². The van der Waals surface area contributed by atoms with Crippen LogP contribution in [0.4, 0.5) is 0 Å². The molecule has 1 atom stereocenters. The molecule has 0 spiro atoms. The van der Waals surface area contributed by atoms with E-state index in [2.05, 4.69) is 32.8 Å². The molecule has 0 N–H and O–H groups in total. The summed E-state index contributed by atoms with van der Waals surface area (Å²) in [6.07, 6.45) is 3.85. The van der Waals surface area contributed by atoms with Crippen LogP contribution in [0.2, 0.25) is 0 Å². The molecule has 0 saturated heterocycles. The molecule has 0 amide bonds. The highest BCUT2D eigenvalue weighted by atomic mass is 32.2. The fraction of sp³-hybridized carbons (Fsp3) is 0.381. The molecule has 0 aliphatic carbocycles. The lowest BCUT2D eigenvalue weighted by atomic mass is 9.96. The van der Waals surface area contributed by atoms with Gasteiger partial charge in [0.15, 0.2) is 11.5 Å². The minimum Gasteiger partial charge on any atom is -0.253 e. The van der Waals surface area contributed by atoms with Crippen molar-refractivity contribution in [3.63, 3.8) is 0 Å². The first-order chi connectivity index (χ1) is 13.8. The number of aryl methyl sites for hydroxylation is 3. The van der Waals surface area contributed by atoms with E-state index in [0.717, 1.165) is 43.3 Å². The molecular weight excluding hydrogens is 402 g/mol. The molecule has 152 valence electrons. The monoisotopic (exact) mass is 427 g/mol. The van der Waals surface area contributed by atoms with Crippen LogP contribution in [-0.4, -0.2) is 40.6 Å². The first-order valence-electron chi connectivity index (χ1n) is 9.57. The molecule has 0 aliphatic rings. The molecule has 29 heavy (non-hydrogen) atoms. The van der Waals surface area contributed by atoms with Crippen molar-refractivity contribution in [3.05, 3.63) is 40.2 Å². The molecule has 0 bridgehead atoms. The molecule has 1 unspecified atom stereocenters. The molecule has 0 aliphatic heterocycles. The average Bonchev–Trinajstić information content (AvgIpc) is 3.28. The first-order valence-corrected chi connectivity index (χ1v) is 12.1. The van der Waals surface area contributed by atoms with Crippen LogP contribution in [0.15, 0.2) is 22.2 Å². The Balaban J connectivity index is 2.13. The predicted molar refractivity (Wildman–Crippen MR) is 120 cm³/mol. The molecule has 3 aromatic heterocycles. The number of imidazole rings is 1. The van der Waals surface area contributed by atoms with Crippen molar-refractivity contribution in [2.75, 3.05) is 12.0 Å². The second kappa shape index (κ2) is 7.25. The van der Waals surface area contributed by atoms with Crippen molar-refractivity contribution in [2.45, 2.75) is 51.5 Å². The highest BCUT2D eigenvalue weighted by molar-refractivity contribution is 7.98. The molecule has 4 rings (SSSR count). The SMILES string of the molecule is CCS(=O)c1c2c(C)c(C)c(C)c(C)c2nn1-c1nc2cc(SC)cnn2c1C. The maximum absolute atomic E-state index is 13.2. The Hall–Kier alpha value is -2.19. The first kappa shape index (κ1) is 20.1. The summed E-state index contributed by atoms with van der Waals surface area (Å²) in [5.74, 6) is 1.20. The van der Waals surface area contributed by atoms with Gasteiger partial charge >= 0.3 is 0 Å². The maximum Gasteiger partial charge on any atom is 0.178 e. The van der Waals surface area contributed by atoms with Crippen molar-refractivity contribution in [2.24, 2.45) is 0 Å². The molecule has 0 radical (unpaired) electrons. The summed E-state index contributed by atoms with van der Waals surface area (Å²) in [4.78, 5) is 5.87. The summed E-state index contributed by atoms with van der Waals surface area (Å²) in [5, 5.41) is 11.2. The normalized spacial score (nSPS) is 12.9. The second-order valence-corrected chi connectivity index (χ2v) is 9.80. The number of hydrogen-bond donors (Lipinski definition) is 0. The quantitative estimate of drug-likeness (QED) is 0.450. The van der Waals surface area contributed by atoms with E-state index in [-0.39, 0.29) is 0 Å². The standard InChI is InChI=1S/C21H25N5OS2/c1-8-29(27)21-18-13(4)11(2)12(3)14(5)19(18)24-26(21)20-15(6)25-17(23-20)9-16(28-7)10-22-25/h9-10H,8H2,1-7H3. The fourth-order valence-electron chi connectivity index (χ4n) is 3.76. The van der Waals surface area contributed by atoms with E-state index in [1.165, 1.54) is 11.1 Å². The number of aromatic nitrogens is 5. The smallest absolute Gasteiger partial charge is 0.178 e. The van der Waals surface area contributed by atoms with Crippen molar-refractivity contribution in [3.8, 4) is 5.82 Å². The largest absolute Gasteiger partial charge is 0.253 e. The van der Waals surface area contributed by atoms with Crippen LogP contribution >= 0.6 is 11.8 Å². The molecule has 0 saturated carbocycles. The maximum atomic E-state index is 13.2. The van der Waals surface area contributed by atoms with Gasteiger partial charge in [0.1, 0.15) is 5.03 Å². The lowest BCUT2D eigenvalue weighted by molar-refractivity contribution is 0.672. The van der Waals surface area contributed by atoms with E-state index < -0.39 is 10.8 Å². The van der Waals surface area contributed by atoms with Gasteiger partial charge in [0, 0.05) is 16.0 Å². The van der Waals surface area contributed by atoms with E-state index >= 15 is 0 Å². The Morgan fingerprint density at radius 3 is 2.41 bits per heavy atom. The topological polar surface area (TPSA) is 65.1 Å². The van der Waals surface area contributed by atoms with Crippen LogP contribution in [-0.2, 0) is 10.8 Å². The Morgan fingerprint density at radius 1 is 1.07 bits per heavy atom. The molecule has 0 fully saturated rings. The van der Waals surface area contributed by atoms with Crippen LogP contribution < -0.4 is 0 Å². The van der Waals surface area contributed by atoms with Gasteiger partial charge in [-0.3, -0.25) is 4.21 Å². The zero-order valence-corrected chi connectivity index (χ0v) is 19.5. The van der Waals surface area contributed by atoms with E-state index in [4.69, 9.17) is 10.1 Å². The summed E-state index contributed by atoms with van der Waals surface area (Å²) in [6.45, 7) is 12.3. The van der Waals surface area contributed by atoms with Gasteiger partial charge in [-0.15, -0.1) is 11.8 Å². The van der Waals surface area contributed by atoms with Crippen LogP contribution in [0.1, 0.15) is 34.9 Å². The molecule has 6 nitrogen and oxygen atoms in total. The predicted octanol–water partition coefficient (Wildman–Crippen LogP) is 4.46. The van der Waals surface area contributed by atoms with Crippen molar-refractivity contribution < 1.29 is 4.21 Å². The summed E-state index contributed by atoms with van der Waals surface area (Å²) >= 11 is 1.63. The van der Waals surface area contributed by atoms with E-state index in [0.29, 0.717) is 11.6 Å². The summed E-state index contributed by atoms with van der Waals surface area (Å²) < 4.78 is 16.8. The molecule has 8 heteroatoms. The Bertz CT molecular complexity index is 1300. The van der Waals surface area contributed by atoms with Crippen LogP contribution in [0.5, 0.6) is 0 Å². The Labute approximate surface area is 177 Å². The number of nitrogens with zero attached hydrogens (tertiary/aromatic N) is 5. The van der Waals surface area contributed by atoms with Gasteiger partial charge in [-0.1, -0.05) is 6.92 Å². The van der Waals surface area contributed by atoms with Gasteiger partial charge in [0.05, 0.1) is 28.2 Å². The van der Waals surface area contributed by atoms with Crippen LogP contribution in [0.25, 0.3) is 22.4 Å². The van der Waals surface area contributed by atoms with Crippen molar-refractivity contribution in [1.82, 2.24) is 24.4 Å². The van der Waals surface area contributed by atoms with Crippen molar-refractivity contribution in [1.29, 1.82) is 0 Å². The number of thioether (sulfide) groups is 1. The lowest BCUT2D eigenvalue weighted by Crippen LogP contribution is -2.08. The molecule has 3 heterocycles. The van der Waals surface area contributed by atoms with Gasteiger partial charge < -0.3 is 0 Å². The number of hydrogen-bond acceptors (Lipinski definition) is 5. The summed E-state index contributed by atoms with van der Waals surface area (Å²) in [5.41, 5.74) is 7.25. The average molecular weight is 428 g/mol. The number of fused-ring (bicyclic) bond motifs is 2. The minimum atomic E-state index is -1.19. The molecule has 1 aromatic carbocycles. The minimum absolute atomic E-state index is 0.521. The fourth-order valence-corrected chi connectivity index (χ4v) is 5.20. The van der Waals surface area contributed by atoms with Gasteiger partial charge in [-0.2, -0.15) is 10.2 Å². The third-order valence-corrected chi connectivity index (χ3v) is 7.85. The van der Waals surface area contributed by atoms with E-state index in [1.54, 1.807) is 16.4 Å². The molecular formula is C21H25N5OS2. The zero-order valence-electron chi connectivity index (χ0n) is 17.8. The Kier molecular flexibility index (Phi) is 5.02. The van der Waals surface area contributed by atoms with E-state index in [1.807, 2.05) is 36.9 Å². The zero-order chi connectivity index (χ0) is 21.0. The van der Waals surface area contributed by atoms with Crippen LogP contribution in [0, 0.1) is 34.6 Å². The number of rotatable bonds is 4. The third kappa shape index (κ3) is 2.92. The highest BCUT2D eigenvalue weighted by Crippen LogP contribution is 2.34. The van der Waals surface area contributed by atoms with Gasteiger partial charge in [-0.25, -0.2) is 14.2 Å². The van der Waals surface area contributed by atoms with Gasteiger partial charge in [-0.05, 0) is 69.2 Å². The lowest BCUT2D eigenvalue weighted by Gasteiger charge is -2.11. The van der Waals surface area contributed by atoms with Crippen molar-refractivity contribution >= 4 is 39.1 Å². The van der Waals surface area contributed by atoms with Crippen LogP contribution in [0.3, 0.4) is 0 Å². The summed E-state index contributed by atoms with van der Waals surface area (Å²) in [6, 6.07) is 2.01. The van der Waals surface area contributed by atoms with Gasteiger partial charge in [0.2, 0.25) is 0 Å². The molecule has 4 aromatic rings. The number of benzene rings is 1. The second-order valence-electron chi connectivity index (χ2n) is 7.26. The highest BCUT2D eigenvalue weighted by Gasteiger charge is 2.25. The van der Waals surface area contributed by atoms with E-state index in [9.17, 15) is 4.21 Å².